The van der Waals surface area contributed by atoms with Gasteiger partial charge >= 0.3 is 0 Å². The SMILES string of the molecule is Cc1cc(Br)ccc1N1CCCC1c1cccc(N)c1. The molecule has 3 rings (SSSR count). The molecule has 2 N–H and O–H groups in total. The van der Waals surface area contributed by atoms with E-state index in [1.165, 1.54) is 29.7 Å². The van der Waals surface area contributed by atoms with Gasteiger partial charge in [-0.3, -0.25) is 0 Å². The standard InChI is InChI=1S/C17H19BrN2/c1-12-10-14(18)7-8-16(12)20-9-3-6-17(20)13-4-2-5-15(19)11-13/h2,4-5,7-8,10-11,17H,3,6,9,19H2,1H3. The molecule has 1 unspecified atom stereocenters. The number of nitrogen functional groups attached to an aromatic ring is 1. The summed E-state index contributed by atoms with van der Waals surface area (Å²) in [4.78, 5) is 2.51. The average Bonchev–Trinajstić information content (AvgIpc) is 2.87. The maximum Gasteiger partial charge on any atom is 0.0543 e. The van der Waals surface area contributed by atoms with Crippen molar-refractivity contribution in [1.82, 2.24) is 0 Å². The number of hydrogen-bond acceptors (Lipinski definition) is 2. The van der Waals surface area contributed by atoms with E-state index in [9.17, 15) is 0 Å². The summed E-state index contributed by atoms with van der Waals surface area (Å²) in [6.07, 6.45) is 2.42. The quantitative estimate of drug-likeness (QED) is 0.810. The van der Waals surface area contributed by atoms with E-state index >= 15 is 0 Å². The molecule has 104 valence electrons. The lowest BCUT2D eigenvalue weighted by molar-refractivity contribution is 0.718. The Bertz CT molecular complexity index is 624. The second kappa shape index (κ2) is 5.49. The largest absolute Gasteiger partial charge is 0.399 e. The summed E-state index contributed by atoms with van der Waals surface area (Å²) in [6, 6.07) is 15.3. The zero-order valence-corrected chi connectivity index (χ0v) is 13.2. The molecule has 0 amide bonds. The highest BCUT2D eigenvalue weighted by molar-refractivity contribution is 9.10. The molecule has 0 saturated carbocycles. The first-order valence-electron chi connectivity index (χ1n) is 7.03. The number of nitrogens with zero attached hydrogens (tertiary/aromatic N) is 1. The molecule has 1 saturated heterocycles. The molecule has 0 bridgehead atoms. The molecule has 1 fully saturated rings. The van der Waals surface area contributed by atoms with Crippen molar-refractivity contribution in [3.8, 4) is 0 Å². The van der Waals surface area contributed by atoms with Gasteiger partial charge in [0.2, 0.25) is 0 Å². The van der Waals surface area contributed by atoms with Crippen LogP contribution in [0.15, 0.2) is 46.9 Å². The van der Waals surface area contributed by atoms with Crippen LogP contribution in [0.5, 0.6) is 0 Å². The molecule has 20 heavy (non-hydrogen) atoms. The Hall–Kier alpha value is -1.48. The van der Waals surface area contributed by atoms with Gasteiger partial charge in [-0.25, -0.2) is 0 Å². The summed E-state index contributed by atoms with van der Waals surface area (Å²) >= 11 is 3.54. The molecular weight excluding hydrogens is 312 g/mol. The third-order valence-electron chi connectivity index (χ3n) is 4.02. The Morgan fingerprint density at radius 1 is 1.20 bits per heavy atom. The molecule has 2 nitrogen and oxygen atoms in total. The minimum Gasteiger partial charge on any atom is -0.399 e. The van der Waals surface area contributed by atoms with Crippen LogP contribution in [0.2, 0.25) is 0 Å². The van der Waals surface area contributed by atoms with Crippen molar-refractivity contribution < 1.29 is 0 Å². The van der Waals surface area contributed by atoms with Crippen LogP contribution in [-0.4, -0.2) is 6.54 Å². The summed E-state index contributed by atoms with van der Waals surface area (Å²) in [5.41, 5.74) is 10.8. The van der Waals surface area contributed by atoms with Gasteiger partial charge in [-0.1, -0.05) is 28.1 Å². The lowest BCUT2D eigenvalue weighted by atomic mass is 10.0. The number of aryl methyl sites for hydroxylation is 1. The van der Waals surface area contributed by atoms with Crippen molar-refractivity contribution >= 4 is 27.3 Å². The Morgan fingerprint density at radius 3 is 2.80 bits per heavy atom. The van der Waals surface area contributed by atoms with E-state index in [1.807, 2.05) is 6.07 Å². The van der Waals surface area contributed by atoms with Gasteiger partial charge in [-0.15, -0.1) is 0 Å². The van der Waals surface area contributed by atoms with Crippen molar-refractivity contribution in [2.45, 2.75) is 25.8 Å². The number of benzene rings is 2. The molecule has 0 aliphatic carbocycles. The summed E-state index contributed by atoms with van der Waals surface area (Å²) in [7, 11) is 0. The molecule has 1 heterocycles. The Morgan fingerprint density at radius 2 is 2.05 bits per heavy atom. The fraction of sp³-hybridized carbons (Fsp3) is 0.294. The van der Waals surface area contributed by atoms with Gasteiger partial charge in [-0.2, -0.15) is 0 Å². The topological polar surface area (TPSA) is 29.3 Å². The third kappa shape index (κ3) is 2.55. The van der Waals surface area contributed by atoms with Gasteiger partial charge in [0.05, 0.1) is 6.04 Å². The van der Waals surface area contributed by atoms with Crippen LogP contribution in [0, 0.1) is 6.92 Å². The molecule has 1 atom stereocenters. The number of halogens is 1. The molecule has 1 aliphatic heterocycles. The minimum absolute atomic E-state index is 0.443. The molecule has 2 aromatic rings. The van der Waals surface area contributed by atoms with Gasteiger partial charge in [0.15, 0.2) is 0 Å². The second-order valence-corrected chi connectivity index (χ2v) is 6.37. The fourth-order valence-electron chi connectivity index (χ4n) is 3.11. The van der Waals surface area contributed by atoms with E-state index in [0.717, 1.165) is 16.7 Å². The fourth-order valence-corrected chi connectivity index (χ4v) is 3.58. The predicted octanol–water partition coefficient (Wildman–Crippen LogP) is 4.68. The molecule has 3 heteroatoms. The van der Waals surface area contributed by atoms with Gasteiger partial charge in [0.1, 0.15) is 0 Å². The maximum absolute atomic E-state index is 5.94. The summed E-state index contributed by atoms with van der Waals surface area (Å²) < 4.78 is 1.14. The van der Waals surface area contributed by atoms with Crippen LogP contribution in [-0.2, 0) is 0 Å². The first-order chi connectivity index (χ1) is 9.65. The second-order valence-electron chi connectivity index (χ2n) is 5.45. The van der Waals surface area contributed by atoms with Gasteiger partial charge in [0, 0.05) is 22.4 Å². The van der Waals surface area contributed by atoms with Crippen LogP contribution in [0.1, 0.15) is 30.0 Å². The van der Waals surface area contributed by atoms with Gasteiger partial charge in [-0.05, 0) is 61.2 Å². The number of hydrogen-bond donors (Lipinski definition) is 1. The van der Waals surface area contributed by atoms with E-state index < -0.39 is 0 Å². The zero-order chi connectivity index (χ0) is 14.1. The molecule has 1 aliphatic rings. The molecule has 0 radical (unpaired) electrons. The van der Waals surface area contributed by atoms with E-state index in [1.54, 1.807) is 0 Å². The number of rotatable bonds is 2. The number of nitrogens with two attached hydrogens (primary N) is 1. The summed E-state index contributed by atoms with van der Waals surface area (Å²) in [5.74, 6) is 0. The number of anilines is 2. The molecule has 0 spiro atoms. The first kappa shape index (κ1) is 13.5. The van der Waals surface area contributed by atoms with Crippen molar-refractivity contribution in [2.24, 2.45) is 0 Å². The highest BCUT2D eigenvalue weighted by atomic mass is 79.9. The highest BCUT2D eigenvalue weighted by Gasteiger charge is 2.27. The van der Waals surface area contributed by atoms with Crippen molar-refractivity contribution in [3.63, 3.8) is 0 Å². The van der Waals surface area contributed by atoms with Crippen LogP contribution >= 0.6 is 15.9 Å². The van der Waals surface area contributed by atoms with Crippen LogP contribution in [0.3, 0.4) is 0 Å². The van der Waals surface area contributed by atoms with Gasteiger partial charge < -0.3 is 10.6 Å². The molecular formula is C17H19BrN2. The maximum atomic E-state index is 5.94. The minimum atomic E-state index is 0.443. The normalized spacial score (nSPS) is 18.5. The van der Waals surface area contributed by atoms with Crippen molar-refractivity contribution in [1.29, 1.82) is 0 Å². The summed E-state index contributed by atoms with van der Waals surface area (Å²) in [6.45, 7) is 3.29. The predicted molar refractivity (Wildman–Crippen MR) is 89.1 cm³/mol. The zero-order valence-electron chi connectivity index (χ0n) is 11.6. The third-order valence-corrected chi connectivity index (χ3v) is 4.51. The highest BCUT2D eigenvalue weighted by Crippen LogP contribution is 2.38. The summed E-state index contributed by atoms with van der Waals surface area (Å²) in [5, 5.41) is 0. The Balaban J connectivity index is 1.96. The molecule has 2 aromatic carbocycles. The van der Waals surface area contributed by atoms with Crippen LogP contribution in [0.25, 0.3) is 0 Å². The van der Waals surface area contributed by atoms with E-state index in [-0.39, 0.29) is 0 Å². The van der Waals surface area contributed by atoms with Crippen LogP contribution in [0.4, 0.5) is 11.4 Å². The molecule has 0 aromatic heterocycles. The lowest BCUT2D eigenvalue weighted by Crippen LogP contribution is -2.23. The van der Waals surface area contributed by atoms with E-state index in [2.05, 4.69) is 64.2 Å². The monoisotopic (exact) mass is 330 g/mol. The van der Waals surface area contributed by atoms with E-state index in [4.69, 9.17) is 5.73 Å². The van der Waals surface area contributed by atoms with Crippen LogP contribution < -0.4 is 10.6 Å². The Labute approximate surface area is 128 Å². The van der Waals surface area contributed by atoms with Gasteiger partial charge in [0.25, 0.3) is 0 Å². The van der Waals surface area contributed by atoms with Crippen molar-refractivity contribution in [3.05, 3.63) is 58.1 Å². The first-order valence-corrected chi connectivity index (χ1v) is 7.83. The smallest absolute Gasteiger partial charge is 0.0543 e. The Kier molecular flexibility index (Phi) is 3.70. The van der Waals surface area contributed by atoms with E-state index in [0.29, 0.717) is 6.04 Å². The van der Waals surface area contributed by atoms with Crippen molar-refractivity contribution in [2.75, 3.05) is 17.2 Å². The lowest BCUT2D eigenvalue weighted by Gasteiger charge is -2.29. The average molecular weight is 331 g/mol.